The Labute approximate surface area is 363 Å². The summed E-state index contributed by atoms with van der Waals surface area (Å²) in [6, 6.07) is 20.4. The lowest BCUT2D eigenvalue weighted by molar-refractivity contribution is 0.470. The number of aromatic hydroxyl groups is 4. The lowest BCUT2D eigenvalue weighted by atomic mass is 10.0. The third-order valence-corrected chi connectivity index (χ3v) is 12.2. The van der Waals surface area contributed by atoms with Crippen LogP contribution in [0.15, 0.2) is 149 Å². The van der Waals surface area contributed by atoms with Crippen LogP contribution in [-0.2, 0) is 40.5 Å². The third kappa shape index (κ3) is 11.3. The van der Waals surface area contributed by atoms with Crippen LogP contribution in [0.3, 0.4) is 0 Å². The number of phenolic OH excluding ortho intramolecular Hbond substituents is 4. The number of benzene rings is 6. The van der Waals surface area contributed by atoms with Gasteiger partial charge in [-0.3, -0.25) is 38.2 Å². The van der Waals surface area contributed by atoms with Crippen molar-refractivity contribution in [2.24, 2.45) is 20.0 Å². The second-order valence-corrected chi connectivity index (χ2v) is 18.9. The Bertz CT molecular complexity index is 3220. The van der Waals surface area contributed by atoms with E-state index in [9.17, 15) is 72.3 Å². The molecule has 0 saturated heterocycles. The van der Waals surface area contributed by atoms with E-state index in [-0.39, 0.29) is 45.0 Å². The van der Waals surface area contributed by atoms with Crippen LogP contribution in [0.1, 0.15) is 22.3 Å². The average molecular weight is 951 g/mol. The fraction of sp³-hybridized carbons (Fsp3) is 0. The summed E-state index contributed by atoms with van der Waals surface area (Å²) in [5.41, 5.74) is 0.206. The van der Waals surface area contributed by atoms with Crippen LogP contribution in [0.5, 0.6) is 23.0 Å². The molecule has 0 amide bonds. The maximum absolute atomic E-state index is 11.8. The molecule has 6 rings (SSSR count). The van der Waals surface area contributed by atoms with Crippen molar-refractivity contribution >= 4 is 88.1 Å². The summed E-state index contributed by atoms with van der Waals surface area (Å²) >= 11 is 0. The molecule has 0 aliphatic carbocycles. The fourth-order valence-electron chi connectivity index (χ4n) is 5.57. The minimum absolute atomic E-state index is 0.00382. The van der Waals surface area contributed by atoms with Gasteiger partial charge in [0.05, 0.1) is 42.3 Å². The molecule has 0 spiro atoms. The van der Waals surface area contributed by atoms with Crippen LogP contribution < -0.4 is 0 Å². The van der Waals surface area contributed by atoms with E-state index in [1.807, 2.05) is 0 Å². The molecule has 0 fully saturated rings. The summed E-state index contributed by atoms with van der Waals surface area (Å²) in [5, 5.41) is 41.7. The zero-order chi connectivity index (χ0) is 46.8. The molecule has 8 N–H and O–H groups in total. The summed E-state index contributed by atoms with van der Waals surface area (Å²) in [6.07, 6.45) is 4.21. The molecule has 64 heavy (non-hydrogen) atoms. The number of rotatable bonds is 13. The molecule has 20 nitrogen and oxygen atoms in total. The molecular formula is C40H30N4O16S4. The van der Waals surface area contributed by atoms with E-state index in [0.717, 1.165) is 97.7 Å². The van der Waals surface area contributed by atoms with E-state index in [1.54, 1.807) is 0 Å². The predicted molar refractivity (Wildman–Crippen MR) is 233 cm³/mol. The zero-order valence-electron chi connectivity index (χ0n) is 32.0. The van der Waals surface area contributed by atoms with Gasteiger partial charge in [-0.15, -0.1) is 0 Å². The molecule has 0 atom stereocenters. The average Bonchev–Trinajstić information content (AvgIpc) is 3.21. The standard InChI is InChI=1S/C40H30N4O16S4/c45-37-9-3-29(61(49,50)51)13-25(37)19-41-33-7-1-23(17-35(33)43-21-27-15-31(63(55,56)57)5-11-39(27)47)24-2-8-34(42-20-26-14-30(62(52,53)54)4-10-38(26)46)36(18-24)44-22-28-16-32(64(58,59)60)6-12-40(28)48/h1-22,45-48H,(H,49,50,51)(H,52,53,54)(H,55,56,57)(H,58,59,60). The monoisotopic (exact) mass is 950 g/mol. The van der Waals surface area contributed by atoms with Crippen LogP contribution in [0.4, 0.5) is 22.7 Å². The molecule has 330 valence electrons. The van der Waals surface area contributed by atoms with Crippen molar-refractivity contribution in [3.63, 3.8) is 0 Å². The SMILES string of the molecule is O=S(=O)(O)c1ccc(O)c(C=Nc2ccc(-c3ccc(N=Cc4cc(S(=O)(=O)O)ccc4O)c(N=Cc4cc(S(=O)(=O)O)ccc4O)c3)cc2N=Cc2cc(S(=O)(=O)O)ccc2O)c1. The second-order valence-electron chi connectivity index (χ2n) is 13.2. The van der Waals surface area contributed by atoms with E-state index in [0.29, 0.717) is 11.1 Å². The molecule has 0 bridgehead atoms. The van der Waals surface area contributed by atoms with Gasteiger partial charge in [0.15, 0.2) is 0 Å². The summed E-state index contributed by atoms with van der Waals surface area (Å²) in [7, 11) is -18.8. The molecule has 0 aliphatic heterocycles. The quantitative estimate of drug-likeness (QED) is 0.0474. The largest absolute Gasteiger partial charge is 0.507 e. The molecule has 0 aromatic heterocycles. The Hall–Kier alpha value is -7.16. The van der Waals surface area contributed by atoms with Crippen LogP contribution in [0, 0.1) is 0 Å². The van der Waals surface area contributed by atoms with E-state index >= 15 is 0 Å². The van der Waals surface area contributed by atoms with Gasteiger partial charge in [-0.2, -0.15) is 33.7 Å². The van der Waals surface area contributed by atoms with Crippen LogP contribution in [0.25, 0.3) is 11.1 Å². The van der Waals surface area contributed by atoms with Gasteiger partial charge in [0.1, 0.15) is 23.0 Å². The van der Waals surface area contributed by atoms with E-state index < -0.39 is 83.1 Å². The van der Waals surface area contributed by atoms with Crippen molar-refractivity contribution in [2.75, 3.05) is 0 Å². The highest BCUT2D eigenvalue weighted by atomic mass is 32.2. The summed E-state index contributed by atoms with van der Waals surface area (Å²) in [4.78, 5) is 15.2. The molecule has 6 aromatic rings. The molecule has 0 heterocycles. The van der Waals surface area contributed by atoms with Crippen molar-refractivity contribution in [3.05, 3.63) is 131 Å². The molecule has 0 saturated carbocycles. The number of hydrogen-bond acceptors (Lipinski definition) is 16. The van der Waals surface area contributed by atoms with Crippen molar-refractivity contribution in [1.82, 2.24) is 0 Å². The van der Waals surface area contributed by atoms with Gasteiger partial charge in [0.2, 0.25) is 0 Å². The topological polar surface area (TPSA) is 348 Å². The van der Waals surface area contributed by atoms with Crippen molar-refractivity contribution in [3.8, 4) is 34.1 Å². The summed E-state index contributed by atoms with van der Waals surface area (Å²) < 4.78 is 132. The number of hydrogen-bond donors (Lipinski definition) is 8. The number of nitrogens with zero attached hydrogens (tertiary/aromatic N) is 4. The van der Waals surface area contributed by atoms with Crippen molar-refractivity contribution in [2.45, 2.75) is 19.6 Å². The Kier molecular flexibility index (Phi) is 13.0. The Morgan fingerprint density at radius 3 is 0.781 bits per heavy atom. The maximum atomic E-state index is 11.8. The highest BCUT2D eigenvalue weighted by Crippen LogP contribution is 2.38. The summed E-state index contributed by atoms with van der Waals surface area (Å²) in [6.45, 7) is 0. The zero-order valence-corrected chi connectivity index (χ0v) is 35.2. The first-order valence-corrected chi connectivity index (χ1v) is 23.3. The van der Waals surface area contributed by atoms with Gasteiger partial charge < -0.3 is 20.4 Å². The van der Waals surface area contributed by atoms with Gasteiger partial charge in [-0.25, -0.2) is 0 Å². The maximum Gasteiger partial charge on any atom is 0.294 e. The molecule has 0 unspecified atom stereocenters. The minimum atomic E-state index is -4.71. The highest BCUT2D eigenvalue weighted by molar-refractivity contribution is 7.86. The molecule has 0 radical (unpaired) electrons. The van der Waals surface area contributed by atoms with Crippen LogP contribution in [-0.4, -0.2) is 97.2 Å². The second kappa shape index (κ2) is 17.9. The highest BCUT2D eigenvalue weighted by Gasteiger charge is 2.17. The fourth-order valence-corrected chi connectivity index (χ4v) is 7.64. The van der Waals surface area contributed by atoms with Gasteiger partial charge in [0, 0.05) is 47.1 Å². The smallest absolute Gasteiger partial charge is 0.294 e. The Morgan fingerprint density at radius 2 is 0.547 bits per heavy atom. The summed E-state index contributed by atoms with van der Waals surface area (Å²) in [5.74, 6) is -1.71. The first kappa shape index (κ1) is 46.3. The first-order chi connectivity index (χ1) is 29.9. The van der Waals surface area contributed by atoms with Crippen molar-refractivity contribution < 1.29 is 72.3 Å². The van der Waals surface area contributed by atoms with Crippen molar-refractivity contribution in [1.29, 1.82) is 0 Å². The van der Waals surface area contributed by atoms with E-state index in [4.69, 9.17) is 0 Å². The van der Waals surface area contributed by atoms with Gasteiger partial charge in [0.25, 0.3) is 40.5 Å². The first-order valence-electron chi connectivity index (χ1n) is 17.5. The molecular weight excluding hydrogens is 921 g/mol. The van der Waals surface area contributed by atoms with Crippen LogP contribution in [0.2, 0.25) is 0 Å². The normalized spacial score (nSPS) is 12.9. The lowest BCUT2D eigenvalue weighted by Gasteiger charge is -2.10. The Balaban J connectivity index is 1.51. The Morgan fingerprint density at radius 1 is 0.312 bits per heavy atom. The van der Waals surface area contributed by atoms with E-state index in [1.165, 1.54) is 36.4 Å². The lowest BCUT2D eigenvalue weighted by Crippen LogP contribution is -1.99. The third-order valence-electron chi connectivity index (χ3n) is 8.84. The molecule has 0 aliphatic rings. The van der Waals surface area contributed by atoms with Gasteiger partial charge in [-0.1, -0.05) is 12.1 Å². The molecule has 6 aromatic carbocycles. The number of aliphatic imine (C=N–C) groups is 4. The van der Waals surface area contributed by atoms with Gasteiger partial charge >= 0.3 is 0 Å². The van der Waals surface area contributed by atoms with Crippen LogP contribution >= 0.6 is 0 Å². The van der Waals surface area contributed by atoms with Gasteiger partial charge in [-0.05, 0) is 108 Å². The number of phenols is 4. The molecule has 24 heteroatoms. The predicted octanol–water partition coefficient (Wildman–Crippen LogP) is 6.17. The minimum Gasteiger partial charge on any atom is -0.507 e. The van der Waals surface area contributed by atoms with E-state index in [2.05, 4.69) is 20.0 Å².